The van der Waals surface area contributed by atoms with E-state index in [1.807, 2.05) is 52.9 Å². The standard InChI is InChI=1S/C31H41Cl2N5O2/c1-7-12-34-29(39)22-14-24-26(16-25(22)38-13-8-9-19(2)18-38)37(6)27(36-24)15-21-23(32)11-10-20(28(21)33)17-35-30(40)31(3,4)5/h10-11,14,16,19H,7-9,12-13,15,17-18H2,1-6H3,(H,34,39)(H,35,40). The third kappa shape index (κ3) is 6.58. The molecule has 1 aliphatic rings. The number of imidazole rings is 1. The van der Waals surface area contributed by atoms with Crippen LogP contribution in [0.3, 0.4) is 0 Å². The highest BCUT2D eigenvalue weighted by Gasteiger charge is 2.25. The summed E-state index contributed by atoms with van der Waals surface area (Å²) in [5.74, 6) is 1.25. The van der Waals surface area contributed by atoms with Crippen LogP contribution in [0, 0.1) is 11.3 Å². The predicted octanol–water partition coefficient (Wildman–Crippen LogP) is 6.51. The number of rotatable bonds is 8. The molecule has 7 nitrogen and oxygen atoms in total. The van der Waals surface area contributed by atoms with E-state index in [-0.39, 0.29) is 11.8 Å². The van der Waals surface area contributed by atoms with Crippen LogP contribution in [0.5, 0.6) is 0 Å². The van der Waals surface area contributed by atoms with Crippen LogP contribution in [0.4, 0.5) is 5.69 Å². The zero-order valence-electron chi connectivity index (χ0n) is 24.5. The van der Waals surface area contributed by atoms with Crippen LogP contribution >= 0.6 is 23.2 Å². The maximum Gasteiger partial charge on any atom is 0.253 e. The van der Waals surface area contributed by atoms with Gasteiger partial charge >= 0.3 is 0 Å². The summed E-state index contributed by atoms with van der Waals surface area (Å²) in [7, 11) is 1.99. The number of anilines is 1. The molecule has 9 heteroatoms. The van der Waals surface area contributed by atoms with Crippen molar-refractivity contribution in [1.82, 2.24) is 20.2 Å². The van der Waals surface area contributed by atoms with Gasteiger partial charge in [0.1, 0.15) is 5.82 Å². The van der Waals surface area contributed by atoms with Gasteiger partial charge in [0.25, 0.3) is 5.91 Å². The minimum Gasteiger partial charge on any atom is -0.371 e. The number of carbonyl (C=O) groups excluding carboxylic acids is 2. The molecule has 1 fully saturated rings. The second kappa shape index (κ2) is 12.4. The second-order valence-electron chi connectivity index (χ2n) is 12.0. The number of benzene rings is 2. The van der Waals surface area contributed by atoms with Crippen molar-refractivity contribution >= 4 is 51.7 Å². The summed E-state index contributed by atoms with van der Waals surface area (Å²) in [5.41, 5.74) is 4.39. The van der Waals surface area contributed by atoms with Gasteiger partial charge < -0.3 is 20.1 Å². The van der Waals surface area contributed by atoms with Gasteiger partial charge in [-0.2, -0.15) is 0 Å². The minimum atomic E-state index is -0.494. The summed E-state index contributed by atoms with van der Waals surface area (Å²) >= 11 is 13.5. The van der Waals surface area contributed by atoms with Crippen molar-refractivity contribution < 1.29 is 9.59 Å². The third-order valence-corrected chi connectivity index (χ3v) is 8.42. The molecule has 0 saturated carbocycles. The highest BCUT2D eigenvalue weighted by molar-refractivity contribution is 6.36. The zero-order valence-corrected chi connectivity index (χ0v) is 26.0. The summed E-state index contributed by atoms with van der Waals surface area (Å²) in [5, 5.41) is 7.09. The fourth-order valence-corrected chi connectivity index (χ4v) is 5.74. The van der Waals surface area contributed by atoms with Gasteiger partial charge in [-0.1, -0.05) is 63.9 Å². The Morgan fingerprint density at radius 1 is 1.15 bits per heavy atom. The molecule has 0 bridgehead atoms. The molecule has 1 aromatic heterocycles. The van der Waals surface area contributed by atoms with Gasteiger partial charge in [-0.25, -0.2) is 4.98 Å². The third-order valence-electron chi connectivity index (χ3n) is 7.59. The fraction of sp³-hybridized carbons (Fsp3) is 0.516. The topological polar surface area (TPSA) is 79.3 Å². The number of halogens is 2. The summed E-state index contributed by atoms with van der Waals surface area (Å²) < 4.78 is 2.06. The van der Waals surface area contributed by atoms with Gasteiger partial charge in [-0.05, 0) is 54.5 Å². The Hall–Kier alpha value is -2.77. The Bertz CT molecular complexity index is 1410. The summed E-state index contributed by atoms with van der Waals surface area (Å²) in [6.45, 7) is 12.7. The maximum atomic E-state index is 13.2. The van der Waals surface area contributed by atoms with E-state index in [0.29, 0.717) is 41.0 Å². The Morgan fingerprint density at radius 2 is 1.90 bits per heavy atom. The zero-order chi connectivity index (χ0) is 29.2. The Morgan fingerprint density at radius 3 is 2.58 bits per heavy atom. The average Bonchev–Trinajstić information content (AvgIpc) is 3.21. The van der Waals surface area contributed by atoms with Crippen LogP contribution < -0.4 is 15.5 Å². The molecule has 0 spiro atoms. The first-order valence-corrected chi connectivity index (χ1v) is 14.9. The van der Waals surface area contributed by atoms with Crippen molar-refractivity contribution in [2.45, 2.75) is 66.8 Å². The summed E-state index contributed by atoms with van der Waals surface area (Å²) in [6, 6.07) is 7.68. The number of piperidine rings is 1. The van der Waals surface area contributed by atoms with Crippen LogP contribution in [-0.2, 0) is 24.8 Å². The van der Waals surface area contributed by atoms with Gasteiger partial charge in [-0.15, -0.1) is 0 Å². The molecule has 0 aliphatic carbocycles. The molecule has 2 N–H and O–H groups in total. The lowest BCUT2D eigenvalue weighted by molar-refractivity contribution is -0.128. The van der Waals surface area contributed by atoms with Crippen LogP contribution in [0.15, 0.2) is 24.3 Å². The van der Waals surface area contributed by atoms with Crippen LogP contribution in [0.25, 0.3) is 11.0 Å². The van der Waals surface area contributed by atoms with E-state index in [4.69, 9.17) is 28.2 Å². The van der Waals surface area contributed by atoms with Gasteiger partial charge in [-0.3, -0.25) is 9.59 Å². The Kier molecular flexibility index (Phi) is 9.36. The second-order valence-corrected chi connectivity index (χ2v) is 12.8. The number of carbonyl (C=O) groups is 2. The quantitative estimate of drug-likeness (QED) is 0.316. The van der Waals surface area contributed by atoms with Crippen molar-refractivity contribution in [3.8, 4) is 0 Å². The van der Waals surface area contributed by atoms with E-state index in [9.17, 15) is 9.59 Å². The Balaban J connectivity index is 1.70. The first kappa shape index (κ1) is 30.2. The number of nitrogens with zero attached hydrogens (tertiary/aromatic N) is 3. The molecule has 216 valence electrons. The number of hydrogen-bond acceptors (Lipinski definition) is 4. The van der Waals surface area contributed by atoms with Crippen molar-refractivity contribution in [3.05, 3.63) is 56.8 Å². The molecular weight excluding hydrogens is 545 g/mol. The van der Waals surface area contributed by atoms with Crippen LogP contribution in [0.1, 0.15) is 81.2 Å². The predicted molar refractivity (Wildman–Crippen MR) is 165 cm³/mol. The van der Waals surface area contributed by atoms with E-state index in [1.165, 1.54) is 6.42 Å². The monoisotopic (exact) mass is 585 g/mol. The van der Waals surface area contributed by atoms with E-state index < -0.39 is 5.41 Å². The molecule has 4 rings (SSSR count). The number of aryl methyl sites for hydroxylation is 1. The molecule has 3 aromatic rings. The van der Waals surface area contributed by atoms with E-state index >= 15 is 0 Å². The van der Waals surface area contributed by atoms with E-state index in [1.54, 1.807) is 0 Å². The van der Waals surface area contributed by atoms with Crippen molar-refractivity contribution in [3.63, 3.8) is 0 Å². The molecule has 40 heavy (non-hydrogen) atoms. The SMILES string of the molecule is CCCNC(=O)c1cc2nc(Cc3c(Cl)ccc(CNC(=O)C(C)(C)C)c3Cl)n(C)c2cc1N1CCCC(C)C1. The molecule has 0 radical (unpaired) electrons. The van der Waals surface area contributed by atoms with Crippen LogP contribution in [0.2, 0.25) is 10.0 Å². The smallest absolute Gasteiger partial charge is 0.253 e. The molecule has 1 aliphatic heterocycles. The minimum absolute atomic E-state index is 0.0481. The normalized spacial score (nSPS) is 15.9. The lowest BCUT2D eigenvalue weighted by Crippen LogP contribution is -2.36. The molecule has 2 amide bonds. The van der Waals surface area contributed by atoms with Crippen molar-refractivity contribution in [2.24, 2.45) is 18.4 Å². The average molecular weight is 587 g/mol. The lowest BCUT2D eigenvalue weighted by Gasteiger charge is -2.34. The lowest BCUT2D eigenvalue weighted by atomic mass is 9.95. The molecule has 2 heterocycles. The van der Waals surface area contributed by atoms with Gasteiger partial charge in [0.05, 0.1) is 27.3 Å². The largest absolute Gasteiger partial charge is 0.371 e. The highest BCUT2D eigenvalue weighted by Crippen LogP contribution is 2.34. The fourth-order valence-electron chi connectivity index (χ4n) is 5.16. The first-order chi connectivity index (χ1) is 18.9. The summed E-state index contributed by atoms with van der Waals surface area (Å²) in [6.07, 6.45) is 3.59. The molecule has 1 saturated heterocycles. The highest BCUT2D eigenvalue weighted by atomic mass is 35.5. The molecule has 1 atom stereocenters. The number of nitrogens with one attached hydrogen (secondary N) is 2. The van der Waals surface area contributed by atoms with E-state index in [2.05, 4.69) is 33.1 Å². The first-order valence-electron chi connectivity index (χ1n) is 14.2. The van der Waals surface area contributed by atoms with Crippen molar-refractivity contribution in [1.29, 1.82) is 0 Å². The Labute approximate surface area is 247 Å². The van der Waals surface area contributed by atoms with Gasteiger partial charge in [0.2, 0.25) is 5.91 Å². The van der Waals surface area contributed by atoms with Crippen molar-refractivity contribution in [2.75, 3.05) is 24.5 Å². The van der Waals surface area contributed by atoms with E-state index in [0.717, 1.165) is 59.6 Å². The maximum absolute atomic E-state index is 13.2. The molecule has 2 aromatic carbocycles. The molecule has 1 unspecified atom stereocenters. The van der Waals surface area contributed by atoms with Gasteiger partial charge in [0, 0.05) is 50.1 Å². The number of fused-ring (bicyclic) bond motifs is 1. The number of aromatic nitrogens is 2. The van der Waals surface area contributed by atoms with Crippen LogP contribution in [-0.4, -0.2) is 41.0 Å². The van der Waals surface area contributed by atoms with Gasteiger partial charge in [0.15, 0.2) is 0 Å². The number of hydrogen-bond donors (Lipinski definition) is 2. The molecular formula is C31H41Cl2N5O2. The number of amides is 2. The summed E-state index contributed by atoms with van der Waals surface area (Å²) in [4.78, 5) is 32.9.